The van der Waals surface area contributed by atoms with Crippen LogP contribution >= 0.6 is 0 Å². The molecule has 0 amide bonds. The Hall–Kier alpha value is -1.16. The summed E-state index contributed by atoms with van der Waals surface area (Å²) in [4.78, 5) is 0. The summed E-state index contributed by atoms with van der Waals surface area (Å²) in [5.74, 6) is 1.43. The Kier molecular flexibility index (Phi) is 5.08. The van der Waals surface area contributed by atoms with Crippen LogP contribution in [0.25, 0.3) is 0 Å². The molecule has 0 saturated carbocycles. The van der Waals surface area contributed by atoms with Crippen molar-refractivity contribution < 1.29 is 14.6 Å². The van der Waals surface area contributed by atoms with Crippen LogP contribution in [-0.4, -0.2) is 31.8 Å². The molecule has 1 N–H and O–H groups in total. The number of aliphatic hydroxyl groups is 1. The second kappa shape index (κ2) is 5.45. The smallest absolute Gasteiger partial charge is 0.131 e. The minimum absolute atomic E-state index is 0. The van der Waals surface area contributed by atoms with Crippen molar-refractivity contribution in [2.45, 2.75) is 38.9 Å². The van der Waals surface area contributed by atoms with Gasteiger partial charge in [-0.2, -0.15) is 0 Å². The monoisotopic (exact) mass is 238 g/mol. The maximum atomic E-state index is 9.98. The zero-order valence-electron chi connectivity index (χ0n) is 10.6. The van der Waals surface area contributed by atoms with E-state index in [0.29, 0.717) is 5.75 Å². The van der Waals surface area contributed by atoms with Gasteiger partial charge in [-0.15, -0.1) is 0 Å². The number of methoxy groups -OCH3 is 1. The van der Waals surface area contributed by atoms with E-state index in [1.54, 1.807) is 27.0 Å². The maximum Gasteiger partial charge on any atom is 0.131 e. The first-order valence-corrected chi connectivity index (χ1v) is 5.32. The van der Waals surface area contributed by atoms with E-state index in [1.807, 2.05) is 32.0 Å². The molecule has 1 aromatic rings. The molecule has 0 bridgehead atoms. The van der Waals surface area contributed by atoms with Crippen LogP contribution in [0.4, 0.5) is 0 Å². The Morgan fingerprint density at radius 3 is 2.06 bits per heavy atom. The second-order valence-corrected chi connectivity index (χ2v) is 4.85. The highest BCUT2D eigenvalue weighted by Gasteiger charge is 2.37. The quantitative estimate of drug-likeness (QED) is 0.806. The van der Waals surface area contributed by atoms with E-state index in [1.165, 1.54) is 0 Å². The van der Waals surface area contributed by atoms with Crippen molar-refractivity contribution in [2.75, 3.05) is 7.11 Å². The van der Waals surface area contributed by atoms with Gasteiger partial charge in [-0.05, 0) is 39.8 Å². The Bertz CT molecular complexity index is 356. The van der Waals surface area contributed by atoms with Crippen molar-refractivity contribution in [3.05, 3.63) is 24.3 Å². The first-order valence-electron chi connectivity index (χ1n) is 5.32. The van der Waals surface area contributed by atoms with Crippen LogP contribution in [0.3, 0.4) is 0 Å². The van der Waals surface area contributed by atoms with E-state index in [-0.39, 0.29) is 8.41 Å². The average molecular weight is 238 g/mol. The predicted molar refractivity (Wildman–Crippen MR) is 73.9 cm³/mol. The van der Waals surface area contributed by atoms with E-state index in [9.17, 15) is 5.11 Å². The summed E-state index contributed by atoms with van der Waals surface area (Å²) in [6, 6.07) is 7.35. The molecule has 0 fully saturated rings. The Morgan fingerprint density at radius 1 is 1.06 bits per heavy atom. The molecule has 0 aliphatic heterocycles. The van der Waals surface area contributed by atoms with Crippen LogP contribution in [0.1, 0.15) is 27.7 Å². The van der Waals surface area contributed by atoms with Crippen LogP contribution in [0, 0.1) is 0 Å². The molecular weight excluding hydrogens is 215 g/mol. The molecule has 0 atom stereocenters. The summed E-state index contributed by atoms with van der Waals surface area (Å²) in [6.07, 6.45) is 0. The first-order chi connectivity index (χ1) is 7.26. The highest BCUT2D eigenvalue weighted by molar-refractivity contribution is 5.75. The normalized spacial score (nSPS) is 11.6. The molecule has 0 unspecified atom stereocenters. The summed E-state index contributed by atoms with van der Waals surface area (Å²) in [6.45, 7) is 7.17. The van der Waals surface area contributed by atoms with E-state index >= 15 is 0 Å². The SMILES string of the molecule is B.COc1cccc(OC(C)(C)C(C)(C)O)c1. The molecule has 0 heterocycles. The third kappa shape index (κ3) is 3.97. The zero-order chi connectivity index (χ0) is 12.4. The van der Waals surface area contributed by atoms with Gasteiger partial charge in [0.1, 0.15) is 17.1 Å². The van der Waals surface area contributed by atoms with Gasteiger partial charge < -0.3 is 14.6 Å². The van der Waals surface area contributed by atoms with Crippen molar-refractivity contribution in [1.82, 2.24) is 0 Å². The largest absolute Gasteiger partial charge is 0.497 e. The van der Waals surface area contributed by atoms with E-state index < -0.39 is 11.2 Å². The van der Waals surface area contributed by atoms with Crippen LogP contribution in [0.5, 0.6) is 11.5 Å². The number of rotatable bonds is 4. The van der Waals surface area contributed by atoms with Crippen molar-refractivity contribution in [1.29, 1.82) is 0 Å². The fourth-order valence-electron chi connectivity index (χ4n) is 1.08. The van der Waals surface area contributed by atoms with Crippen molar-refractivity contribution >= 4 is 8.41 Å². The third-order valence-electron chi connectivity index (χ3n) is 2.89. The maximum absolute atomic E-state index is 9.98. The number of hydrogen-bond donors (Lipinski definition) is 1. The van der Waals surface area contributed by atoms with Crippen molar-refractivity contribution in [3.8, 4) is 11.5 Å². The fourth-order valence-corrected chi connectivity index (χ4v) is 1.08. The van der Waals surface area contributed by atoms with E-state index in [0.717, 1.165) is 5.75 Å². The minimum atomic E-state index is -0.921. The molecule has 0 saturated heterocycles. The molecule has 1 rings (SSSR count). The van der Waals surface area contributed by atoms with Gasteiger partial charge in [-0.25, -0.2) is 0 Å². The van der Waals surface area contributed by atoms with Gasteiger partial charge in [-0.3, -0.25) is 0 Å². The number of hydrogen-bond acceptors (Lipinski definition) is 3. The lowest BCUT2D eigenvalue weighted by Crippen LogP contribution is -2.49. The van der Waals surface area contributed by atoms with Gasteiger partial charge in [0.05, 0.1) is 21.1 Å². The molecule has 17 heavy (non-hydrogen) atoms. The minimum Gasteiger partial charge on any atom is -0.497 e. The van der Waals surface area contributed by atoms with Gasteiger partial charge in [0, 0.05) is 6.07 Å². The molecule has 0 aromatic heterocycles. The van der Waals surface area contributed by atoms with Crippen molar-refractivity contribution in [3.63, 3.8) is 0 Å². The van der Waals surface area contributed by atoms with E-state index in [4.69, 9.17) is 9.47 Å². The van der Waals surface area contributed by atoms with Gasteiger partial charge in [0.2, 0.25) is 0 Å². The summed E-state index contributed by atoms with van der Waals surface area (Å²) in [5, 5.41) is 9.98. The number of benzene rings is 1. The molecule has 1 aromatic carbocycles. The molecular formula is C13H23BO3. The van der Waals surface area contributed by atoms with E-state index in [2.05, 4.69) is 0 Å². The highest BCUT2D eigenvalue weighted by Crippen LogP contribution is 2.29. The molecule has 0 aliphatic rings. The third-order valence-corrected chi connectivity index (χ3v) is 2.89. The summed E-state index contributed by atoms with van der Waals surface area (Å²) >= 11 is 0. The lowest BCUT2D eigenvalue weighted by atomic mass is 9.89. The summed E-state index contributed by atoms with van der Waals surface area (Å²) in [5.41, 5.74) is -1.59. The molecule has 4 heteroatoms. The molecule has 3 nitrogen and oxygen atoms in total. The summed E-state index contributed by atoms with van der Waals surface area (Å²) in [7, 11) is 1.61. The average Bonchev–Trinajstić information content (AvgIpc) is 2.15. The molecule has 0 aliphatic carbocycles. The molecule has 96 valence electrons. The highest BCUT2D eigenvalue weighted by atomic mass is 16.5. The fraction of sp³-hybridized carbons (Fsp3) is 0.538. The lowest BCUT2D eigenvalue weighted by Gasteiger charge is -2.37. The van der Waals surface area contributed by atoms with Crippen LogP contribution < -0.4 is 9.47 Å². The summed E-state index contributed by atoms with van der Waals surface area (Å²) < 4.78 is 10.9. The lowest BCUT2D eigenvalue weighted by molar-refractivity contribution is -0.0907. The predicted octanol–water partition coefficient (Wildman–Crippen LogP) is 1.44. The van der Waals surface area contributed by atoms with Gasteiger partial charge in [-0.1, -0.05) is 6.07 Å². The van der Waals surface area contributed by atoms with Gasteiger partial charge >= 0.3 is 0 Å². The zero-order valence-corrected chi connectivity index (χ0v) is 10.6. The molecule has 0 radical (unpaired) electrons. The van der Waals surface area contributed by atoms with Crippen LogP contribution in [-0.2, 0) is 0 Å². The Morgan fingerprint density at radius 2 is 1.59 bits per heavy atom. The Balaban J connectivity index is 0.00000256. The Labute approximate surface area is 105 Å². The van der Waals surface area contributed by atoms with Crippen LogP contribution in [0.2, 0.25) is 0 Å². The standard InChI is InChI=1S/C13H20O3.BH3/c1-12(2,14)13(3,4)16-11-8-6-7-10(9-11)15-5;/h6-9,14H,1-5H3;1H3. The van der Waals surface area contributed by atoms with Crippen molar-refractivity contribution in [2.24, 2.45) is 0 Å². The second-order valence-electron chi connectivity index (χ2n) is 4.85. The van der Waals surface area contributed by atoms with Gasteiger partial charge in [0.25, 0.3) is 0 Å². The molecule has 0 spiro atoms. The van der Waals surface area contributed by atoms with Crippen LogP contribution in [0.15, 0.2) is 24.3 Å². The first kappa shape index (κ1) is 15.8. The number of ether oxygens (including phenoxy) is 2. The van der Waals surface area contributed by atoms with Gasteiger partial charge in [0.15, 0.2) is 0 Å². The topological polar surface area (TPSA) is 38.7 Å².